The summed E-state index contributed by atoms with van der Waals surface area (Å²) in [6.07, 6.45) is 12.2. The summed E-state index contributed by atoms with van der Waals surface area (Å²) in [6.45, 7) is 8.73. The van der Waals surface area contributed by atoms with E-state index < -0.39 is 0 Å². The number of aromatic nitrogens is 2. The Balaban J connectivity index is 1.77. The van der Waals surface area contributed by atoms with Crippen molar-refractivity contribution in [3.8, 4) is 0 Å². The molecule has 0 N–H and O–H groups in total. The van der Waals surface area contributed by atoms with Crippen LogP contribution in [0.3, 0.4) is 0 Å². The highest BCUT2D eigenvalue weighted by molar-refractivity contribution is 6.05. The van der Waals surface area contributed by atoms with Crippen LogP contribution in [0.15, 0.2) is 82.2 Å². The van der Waals surface area contributed by atoms with Gasteiger partial charge in [-0.25, -0.2) is 0 Å². The Morgan fingerprint density at radius 2 is 1.45 bits per heavy atom. The van der Waals surface area contributed by atoms with Crippen LogP contribution in [0.5, 0.6) is 0 Å². The van der Waals surface area contributed by atoms with Crippen molar-refractivity contribution in [2.24, 2.45) is 0 Å². The van der Waals surface area contributed by atoms with Gasteiger partial charge in [-0.3, -0.25) is 4.79 Å². The quantitative estimate of drug-likeness (QED) is 0.370. The molecule has 160 valence electrons. The van der Waals surface area contributed by atoms with E-state index in [-0.39, 0.29) is 5.56 Å². The average Bonchev–Trinajstić information content (AvgIpc) is 2.89. The fourth-order valence-electron chi connectivity index (χ4n) is 3.81. The summed E-state index contributed by atoms with van der Waals surface area (Å²) < 4.78 is 0. The summed E-state index contributed by atoms with van der Waals surface area (Å²) in [4.78, 5) is 12.3. The minimum atomic E-state index is -0.281. The van der Waals surface area contributed by atoms with Gasteiger partial charge in [0.05, 0.1) is 10.9 Å². The van der Waals surface area contributed by atoms with E-state index in [1.807, 2.05) is 36.4 Å². The van der Waals surface area contributed by atoms with Crippen molar-refractivity contribution in [3.63, 3.8) is 0 Å². The molecule has 1 heterocycles. The second kappa shape index (κ2) is 10.8. The first-order valence-electron chi connectivity index (χ1n) is 11.1. The lowest BCUT2D eigenvalue weighted by molar-refractivity contribution is 0.914. The molecule has 0 spiro atoms. The molecule has 3 nitrogen and oxygen atoms in total. The van der Waals surface area contributed by atoms with Gasteiger partial charge in [-0.05, 0) is 82.9 Å². The number of allylic oxidation sites excluding steroid dienone is 6. The molecule has 0 aliphatic carbocycles. The van der Waals surface area contributed by atoms with Crippen LogP contribution in [0.2, 0.25) is 0 Å². The molecule has 3 aromatic rings. The smallest absolute Gasteiger partial charge is 0.265 e. The topological polar surface area (TPSA) is 42.9 Å². The summed E-state index contributed by atoms with van der Waals surface area (Å²) in [5, 5.41) is 10.7. The van der Waals surface area contributed by atoms with Crippen molar-refractivity contribution in [2.45, 2.75) is 59.8 Å². The highest BCUT2D eigenvalue weighted by Crippen LogP contribution is 2.25. The maximum Gasteiger partial charge on any atom is 0.296 e. The van der Waals surface area contributed by atoms with Gasteiger partial charge in [0.2, 0.25) is 0 Å². The molecule has 0 aliphatic rings. The van der Waals surface area contributed by atoms with Crippen LogP contribution in [0.25, 0.3) is 21.7 Å². The molecule has 0 fully saturated rings. The second-order valence-electron chi connectivity index (χ2n) is 8.53. The molecule has 3 rings (SSSR count). The Morgan fingerprint density at radius 1 is 0.774 bits per heavy atom. The molecule has 0 saturated carbocycles. The molecular formula is C28H32N2O. The predicted octanol–water partition coefficient (Wildman–Crippen LogP) is 7.10. The van der Waals surface area contributed by atoms with Gasteiger partial charge in [0.15, 0.2) is 0 Å². The molecule has 0 amide bonds. The predicted molar refractivity (Wildman–Crippen MR) is 132 cm³/mol. The van der Waals surface area contributed by atoms with Crippen LogP contribution in [0, 0.1) is 0 Å². The van der Waals surface area contributed by atoms with Gasteiger partial charge in [-0.2, -0.15) is 0 Å². The summed E-state index contributed by atoms with van der Waals surface area (Å²) in [7, 11) is 0. The van der Waals surface area contributed by atoms with Crippen LogP contribution in [0.4, 0.5) is 0 Å². The summed E-state index contributed by atoms with van der Waals surface area (Å²) in [5.74, 6) is 0. The third-order valence-corrected chi connectivity index (χ3v) is 5.60. The lowest BCUT2D eigenvalue weighted by atomic mass is 9.99. The minimum Gasteiger partial charge on any atom is -0.265 e. The molecule has 1 aromatic heterocycles. The molecule has 0 radical (unpaired) electrons. The molecule has 0 unspecified atom stereocenters. The number of benzene rings is 2. The lowest BCUT2D eigenvalue weighted by Gasteiger charge is -2.05. The number of hydrogen-bond donors (Lipinski definition) is 0. The Labute approximate surface area is 185 Å². The van der Waals surface area contributed by atoms with Crippen LogP contribution in [-0.2, 0) is 6.42 Å². The summed E-state index contributed by atoms with van der Waals surface area (Å²) >= 11 is 0. The number of fused-ring (bicyclic) bond motifs is 3. The Bertz CT molecular complexity index is 1210. The molecular weight excluding hydrogens is 380 g/mol. The van der Waals surface area contributed by atoms with Crippen molar-refractivity contribution in [3.05, 3.63) is 93.3 Å². The molecule has 0 atom stereocenters. The largest absolute Gasteiger partial charge is 0.296 e. The minimum absolute atomic E-state index is 0.281. The van der Waals surface area contributed by atoms with Crippen LogP contribution >= 0.6 is 0 Å². The van der Waals surface area contributed by atoms with E-state index in [1.54, 1.807) is 0 Å². The fraction of sp³-hybridized carbons (Fsp3) is 0.321. The third-order valence-electron chi connectivity index (χ3n) is 5.60. The monoisotopic (exact) mass is 412 g/mol. The van der Waals surface area contributed by atoms with Crippen LogP contribution < -0.4 is 5.56 Å². The zero-order valence-electron chi connectivity index (χ0n) is 19.1. The lowest BCUT2D eigenvalue weighted by Crippen LogP contribution is -2.02. The maximum absolute atomic E-state index is 12.3. The van der Waals surface area contributed by atoms with E-state index >= 15 is 0 Å². The molecule has 0 aliphatic heterocycles. The average molecular weight is 413 g/mol. The Kier molecular flexibility index (Phi) is 7.88. The van der Waals surface area contributed by atoms with Gasteiger partial charge in [-0.1, -0.05) is 65.3 Å². The molecule has 3 heteroatoms. The fourth-order valence-corrected chi connectivity index (χ4v) is 3.81. The van der Waals surface area contributed by atoms with Gasteiger partial charge in [-0.15, -0.1) is 10.2 Å². The van der Waals surface area contributed by atoms with E-state index in [9.17, 15) is 4.79 Å². The Hall–Kier alpha value is -3.07. The van der Waals surface area contributed by atoms with Crippen molar-refractivity contribution < 1.29 is 0 Å². The second-order valence-corrected chi connectivity index (χ2v) is 8.53. The molecule has 0 saturated heterocycles. The van der Waals surface area contributed by atoms with E-state index in [4.69, 9.17) is 0 Å². The van der Waals surface area contributed by atoms with E-state index in [0.717, 1.165) is 48.4 Å². The van der Waals surface area contributed by atoms with Crippen LogP contribution in [0.1, 0.15) is 58.9 Å². The zero-order chi connectivity index (χ0) is 22.2. The van der Waals surface area contributed by atoms with Gasteiger partial charge >= 0.3 is 0 Å². The molecule has 31 heavy (non-hydrogen) atoms. The maximum atomic E-state index is 12.3. The SMILES string of the molecule is CC(C)=CCCC(C)=CCCC(C)=CCc1cccc2nnc(=O)c3ccccc3c12. The van der Waals surface area contributed by atoms with Gasteiger partial charge < -0.3 is 0 Å². The third kappa shape index (κ3) is 6.21. The van der Waals surface area contributed by atoms with Crippen molar-refractivity contribution in [1.29, 1.82) is 0 Å². The van der Waals surface area contributed by atoms with Gasteiger partial charge in [0.1, 0.15) is 0 Å². The van der Waals surface area contributed by atoms with E-state index in [1.165, 1.54) is 22.3 Å². The summed E-state index contributed by atoms with van der Waals surface area (Å²) in [6, 6.07) is 13.7. The van der Waals surface area contributed by atoms with Gasteiger partial charge in [0.25, 0.3) is 5.56 Å². The van der Waals surface area contributed by atoms with Crippen molar-refractivity contribution in [2.75, 3.05) is 0 Å². The highest BCUT2D eigenvalue weighted by Gasteiger charge is 2.07. The standard InChI is InChI=1S/C28H32N2O/c1-20(2)10-7-11-21(3)12-8-13-22(4)18-19-23-14-9-17-26-27(23)24-15-5-6-16-25(24)28(31)30-29-26/h5-6,9-10,12,14-18H,7-8,11,13,19H2,1-4H3. The number of rotatable bonds is 8. The molecule has 2 aromatic carbocycles. The zero-order valence-corrected chi connectivity index (χ0v) is 19.1. The van der Waals surface area contributed by atoms with Crippen molar-refractivity contribution >= 4 is 21.7 Å². The first-order valence-corrected chi connectivity index (χ1v) is 11.1. The van der Waals surface area contributed by atoms with Gasteiger partial charge in [0, 0.05) is 5.39 Å². The molecule has 0 bridgehead atoms. The van der Waals surface area contributed by atoms with Crippen LogP contribution in [-0.4, -0.2) is 10.2 Å². The van der Waals surface area contributed by atoms with E-state index in [2.05, 4.69) is 62.2 Å². The number of hydrogen-bond acceptors (Lipinski definition) is 3. The van der Waals surface area contributed by atoms with E-state index in [0.29, 0.717) is 5.39 Å². The normalized spacial score (nSPS) is 12.4. The van der Waals surface area contributed by atoms with Crippen molar-refractivity contribution in [1.82, 2.24) is 10.2 Å². The highest BCUT2D eigenvalue weighted by atomic mass is 16.1. The first-order chi connectivity index (χ1) is 15.0. The number of nitrogens with zero attached hydrogens (tertiary/aromatic N) is 2. The first kappa shape index (κ1) is 22.6. The summed E-state index contributed by atoms with van der Waals surface area (Å²) in [5.41, 5.74) is 5.88. The Morgan fingerprint density at radius 3 is 2.19 bits per heavy atom.